The summed E-state index contributed by atoms with van der Waals surface area (Å²) in [5.74, 6) is -0.731. The number of hydrogen-bond acceptors (Lipinski definition) is 4. The normalized spacial score (nSPS) is 15.7. The molecule has 21 heavy (non-hydrogen) atoms. The largest absolute Gasteiger partial charge is 0.370 e. The van der Waals surface area contributed by atoms with E-state index < -0.39 is 0 Å². The number of carbonyl (C=O) groups is 2. The lowest BCUT2D eigenvalue weighted by molar-refractivity contribution is -0.157. The third-order valence-electron chi connectivity index (χ3n) is 3.73. The fourth-order valence-electron chi connectivity index (χ4n) is 2.49. The summed E-state index contributed by atoms with van der Waals surface area (Å²) < 4.78 is 12.7. The summed E-state index contributed by atoms with van der Waals surface area (Å²) in [5.41, 5.74) is 3.01. The summed E-state index contributed by atoms with van der Waals surface area (Å²) in [6.07, 6.45) is 5.29. The van der Waals surface area contributed by atoms with Crippen molar-refractivity contribution in [2.75, 3.05) is 6.54 Å². The molecule has 0 radical (unpaired) electrons. The average molecular weight is 293 g/mol. The second-order valence-electron chi connectivity index (χ2n) is 5.33. The smallest absolute Gasteiger partial charge is 0.327 e. The van der Waals surface area contributed by atoms with Crippen molar-refractivity contribution in [3.63, 3.8) is 0 Å². The summed E-state index contributed by atoms with van der Waals surface area (Å²) >= 11 is 0. The number of halogens is 1. The molecular formula is C16H20FNO3. The molecule has 1 fully saturated rings. The predicted octanol–water partition coefficient (Wildman–Crippen LogP) is 3.03. The van der Waals surface area contributed by atoms with Gasteiger partial charge in [-0.3, -0.25) is 9.59 Å². The van der Waals surface area contributed by atoms with Gasteiger partial charge >= 0.3 is 5.97 Å². The highest BCUT2D eigenvalue weighted by molar-refractivity contribution is 5.96. The maximum atomic E-state index is 12.7. The van der Waals surface area contributed by atoms with Crippen molar-refractivity contribution in [3.05, 3.63) is 35.6 Å². The fourth-order valence-corrected chi connectivity index (χ4v) is 2.49. The number of ketones is 1. The van der Waals surface area contributed by atoms with Crippen LogP contribution in [-0.2, 0) is 9.63 Å². The molecule has 0 saturated heterocycles. The second kappa shape index (κ2) is 7.88. The molecule has 1 aromatic carbocycles. The zero-order chi connectivity index (χ0) is 15.1. The van der Waals surface area contributed by atoms with Crippen molar-refractivity contribution >= 4 is 11.8 Å². The maximum absolute atomic E-state index is 12.7. The van der Waals surface area contributed by atoms with Crippen LogP contribution in [0.3, 0.4) is 0 Å². The molecule has 0 spiro atoms. The van der Waals surface area contributed by atoms with Crippen LogP contribution in [0.2, 0.25) is 0 Å². The molecule has 0 atom stereocenters. The van der Waals surface area contributed by atoms with Gasteiger partial charge in [0, 0.05) is 18.5 Å². The number of hydroxylamine groups is 1. The van der Waals surface area contributed by atoms with Gasteiger partial charge in [-0.15, -0.1) is 0 Å². The Morgan fingerprint density at radius 2 is 1.81 bits per heavy atom. The van der Waals surface area contributed by atoms with Gasteiger partial charge in [0.2, 0.25) is 0 Å². The lowest BCUT2D eigenvalue weighted by atomic mass is 9.89. The fraction of sp³-hybridized carbons (Fsp3) is 0.500. The van der Waals surface area contributed by atoms with Gasteiger partial charge in [0.05, 0.1) is 5.92 Å². The van der Waals surface area contributed by atoms with Crippen molar-refractivity contribution < 1.29 is 18.8 Å². The van der Waals surface area contributed by atoms with Crippen LogP contribution in [0.5, 0.6) is 0 Å². The van der Waals surface area contributed by atoms with Gasteiger partial charge < -0.3 is 4.84 Å². The van der Waals surface area contributed by atoms with E-state index in [-0.39, 0.29) is 36.5 Å². The van der Waals surface area contributed by atoms with Crippen molar-refractivity contribution in [2.24, 2.45) is 5.92 Å². The van der Waals surface area contributed by atoms with Crippen molar-refractivity contribution in [3.8, 4) is 0 Å². The molecule has 0 aromatic heterocycles. The molecular weight excluding hydrogens is 273 g/mol. The second-order valence-corrected chi connectivity index (χ2v) is 5.33. The Labute approximate surface area is 123 Å². The highest BCUT2D eigenvalue weighted by Gasteiger charge is 2.22. The zero-order valence-electron chi connectivity index (χ0n) is 11.9. The lowest BCUT2D eigenvalue weighted by Gasteiger charge is -2.19. The summed E-state index contributed by atoms with van der Waals surface area (Å²) in [4.78, 5) is 28.5. The molecule has 1 aliphatic carbocycles. The Morgan fingerprint density at radius 3 is 2.48 bits per heavy atom. The zero-order valence-corrected chi connectivity index (χ0v) is 11.9. The van der Waals surface area contributed by atoms with E-state index in [1.807, 2.05) is 0 Å². The SMILES string of the molecule is O=C(CCNOC(=O)C1CCCCC1)c1ccc(F)cc1. The summed E-state index contributed by atoms with van der Waals surface area (Å²) in [6, 6.07) is 5.41. The predicted molar refractivity (Wildman–Crippen MR) is 76.0 cm³/mol. The van der Waals surface area contributed by atoms with Gasteiger partial charge in [-0.25, -0.2) is 4.39 Å². The van der Waals surface area contributed by atoms with Gasteiger partial charge in [-0.2, -0.15) is 5.48 Å². The van der Waals surface area contributed by atoms with Gasteiger partial charge in [0.15, 0.2) is 5.78 Å². The van der Waals surface area contributed by atoms with Crippen LogP contribution in [0, 0.1) is 11.7 Å². The molecule has 0 unspecified atom stereocenters. The van der Waals surface area contributed by atoms with Crippen LogP contribution in [0.15, 0.2) is 24.3 Å². The van der Waals surface area contributed by atoms with E-state index in [4.69, 9.17) is 4.84 Å². The van der Waals surface area contributed by atoms with Crippen LogP contribution in [0.4, 0.5) is 4.39 Å². The number of carbonyl (C=O) groups excluding carboxylic acids is 2. The summed E-state index contributed by atoms with van der Waals surface area (Å²) in [6.45, 7) is 0.259. The molecule has 1 N–H and O–H groups in total. The lowest BCUT2D eigenvalue weighted by Crippen LogP contribution is -2.28. The monoisotopic (exact) mass is 293 g/mol. The van der Waals surface area contributed by atoms with E-state index in [1.165, 1.54) is 30.7 Å². The first-order valence-corrected chi connectivity index (χ1v) is 7.39. The minimum Gasteiger partial charge on any atom is -0.370 e. The van der Waals surface area contributed by atoms with Crippen LogP contribution < -0.4 is 5.48 Å². The van der Waals surface area contributed by atoms with E-state index >= 15 is 0 Å². The van der Waals surface area contributed by atoms with Crippen molar-refractivity contribution in [1.29, 1.82) is 0 Å². The molecule has 0 amide bonds. The van der Waals surface area contributed by atoms with E-state index in [0.717, 1.165) is 25.7 Å². The highest BCUT2D eigenvalue weighted by Crippen LogP contribution is 2.24. The molecule has 2 rings (SSSR count). The summed E-state index contributed by atoms with van der Waals surface area (Å²) in [5, 5.41) is 0. The highest BCUT2D eigenvalue weighted by atomic mass is 19.1. The van der Waals surface area contributed by atoms with Crippen molar-refractivity contribution in [1.82, 2.24) is 5.48 Å². The van der Waals surface area contributed by atoms with Crippen LogP contribution >= 0.6 is 0 Å². The quantitative estimate of drug-likeness (QED) is 0.497. The molecule has 0 heterocycles. The van der Waals surface area contributed by atoms with Gasteiger partial charge in [-0.1, -0.05) is 19.3 Å². The van der Waals surface area contributed by atoms with Crippen LogP contribution in [0.25, 0.3) is 0 Å². The number of hydrogen-bond donors (Lipinski definition) is 1. The Bertz CT molecular complexity index is 481. The van der Waals surface area contributed by atoms with E-state index in [1.54, 1.807) is 0 Å². The average Bonchev–Trinajstić information content (AvgIpc) is 2.52. The number of rotatable bonds is 6. The Kier molecular flexibility index (Phi) is 5.87. The van der Waals surface area contributed by atoms with Crippen LogP contribution in [-0.4, -0.2) is 18.3 Å². The maximum Gasteiger partial charge on any atom is 0.327 e. The number of benzene rings is 1. The molecule has 1 aromatic rings. The molecule has 5 heteroatoms. The van der Waals surface area contributed by atoms with E-state index in [9.17, 15) is 14.0 Å². The van der Waals surface area contributed by atoms with Gasteiger partial charge in [0.1, 0.15) is 5.82 Å². The number of nitrogens with one attached hydrogen (secondary N) is 1. The molecule has 4 nitrogen and oxygen atoms in total. The molecule has 0 bridgehead atoms. The molecule has 0 aliphatic heterocycles. The standard InChI is InChI=1S/C16H20FNO3/c17-14-8-6-12(7-9-14)15(19)10-11-18-21-16(20)13-4-2-1-3-5-13/h6-9,13,18H,1-5,10-11H2. The van der Waals surface area contributed by atoms with E-state index in [2.05, 4.69) is 5.48 Å². The topological polar surface area (TPSA) is 55.4 Å². The van der Waals surface area contributed by atoms with Gasteiger partial charge in [0.25, 0.3) is 0 Å². The third-order valence-corrected chi connectivity index (χ3v) is 3.73. The minimum atomic E-state index is -0.369. The van der Waals surface area contributed by atoms with Crippen LogP contribution in [0.1, 0.15) is 48.9 Å². The molecule has 1 aliphatic rings. The molecule has 114 valence electrons. The van der Waals surface area contributed by atoms with Crippen molar-refractivity contribution in [2.45, 2.75) is 38.5 Å². The molecule has 1 saturated carbocycles. The van der Waals surface area contributed by atoms with E-state index in [0.29, 0.717) is 5.56 Å². The number of Topliss-reactive ketones (excluding diaryl/α,β-unsaturated/α-hetero) is 1. The third kappa shape index (κ3) is 4.93. The Balaban J connectivity index is 1.66. The first kappa shape index (κ1) is 15.6. The Morgan fingerprint density at radius 1 is 1.14 bits per heavy atom. The van der Waals surface area contributed by atoms with Gasteiger partial charge in [-0.05, 0) is 37.1 Å². The minimum absolute atomic E-state index is 0.0148. The first-order chi connectivity index (χ1) is 10.2. The Hall–Kier alpha value is -1.75. The summed E-state index contributed by atoms with van der Waals surface area (Å²) in [7, 11) is 0. The first-order valence-electron chi connectivity index (χ1n) is 7.39.